The Bertz CT molecular complexity index is 213. The molecule has 2 atom stereocenters. The standard InChI is InChI=1S/C10H18FNO2/c1-10(2,3)14-9(13)7-4-5-12-6-8(7)11/h7-8,12H,4-6H2,1-3H3. The minimum atomic E-state index is -1.11. The predicted molar refractivity (Wildman–Crippen MR) is 51.7 cm³/mol. The highest BCUT2D eigenvalue weighted by Crippen LogP contribution is 2.20. The van der Waals surface area contributed by atoms with E-state index in [1.54, 1.807) is 20.8 Å². The maximum atomic E-state index is 13.3. The molecule has 1 fully saturated rings. The second kappa shape index (κ2) is 4.26. The molecule has 1 rings (SSSR count). The van der Waals surface area contributed by atoms with E-state index in [1.165, 1.54) is 0 Å². The van der Waals surface area contributed by atoms with Gasteiger partial charge in [-0.1, -0.05) is 0 Å². The van der Waals surface area contributed by atoms with Gasteiger partial charge in [0, 0.05) is 6.54 Å². The first-order valence-electron chi connectivity index (χ1n) is 4.98. The van der Waals surface area contributed by atoms with Gasteiger partial charge in [0.1, 0.15) is 11.8 Å². The van der Waals surface area contributed by atoms with Crippen LogP contribution in [0.25, 0.3) is 0 Å². The topological polar surface area (TPSA) is 38.3 Å². The van der Waals surface area contributed by atoms with Crippen molar-refractivity contribution in [3.8, 4) is 0 Å². The summed E-state index contributed by atoms with van der Waals surface area (Å²) in [5.74, 6) is -0.998. The van der Waals surface area contributed by atoms with Crippen molar-refractivity contribution in [1.29, 1.82) is 0 Å². The summed E-state index contributed by atoms with van der Waals surface area (Å²) in [6, 6.07) is 0. The minimum Gasteiger partial charge on any atom is -0.460 e. The zero-order valence-electron chi connectivity index (χ0n) is 8.97. The Hall–Kier alpha value is -0.640. The Morgan fingerprint density at radius 1 is 1.50 bits per heavy atom. The van der Waals surface area contributed by atoms with Crippen molar-refractivity contribution in [3.05, 3.63) is 0 Å². The van der Waals surface area contributed by atoms with Gasteiger partial charge in [-0.3, -0.25) is 4.79 Å². The van der Waals surface area contributed by atoms with Crippen LogP contribution in [0.1, 0.15) is 27.2 Å². The van der Waals surface area contributed by atoms with Gasteiger partial charge < -0.3 is 10.1 Å². The zero-order valence-corrected chi connectivity index (χ0v) is 8.97. The zero-order chi connectivity index (χ0) is 10.8. The number of rotatable bonds is 1. The molecule has 0 amide bonds. The molecule has 0 aromatic heterocycles. The quantitative estimate of drug-likeness (QED) is 0.652. The Morgan fingerprint density at radius 2 is 2.14 bits per heavy atom. The summed E-state index contributed by atoms with van der Waals surface area (Å²) < 4.78 is 18.5. The molecule has 14 heavy (non-hydrogen) atoms. The maximum absolute atomic E-state index is 13.3. The number of halogens is 1. The lowest BCUT2D eigenvalue weighted by Crippen LogP contribution is -2.43. The van der Waals surface area contributed by atoms with E-state index in [4.69, 9.17) is 4.74 Å². The van der Waals surface area contributed by atoms with Crippen LogP contribution in [0.3, 0.4) is 0 Å². The Labute approximate surface area is 84.0 Å². The van der Waals surface area contributed by atoms with Crippen molar-refractivity contribution < 1.29 is 13.9 Å². The normalized spacial score (nSPS) is 28.6. The summed E-state index contributed by atoms with van der Waals surface area (Å²) in [4.78, 5) is 11.5. The maximum Gasteiger partial charge on any atom is 0.312 e. The summed E-state index contributed by atoms with van der Waals surface area (Å²) in [6.45, 7) is 6.31. The van der Waals surface area contributed by atoms with Crippen LogP contribution in [0.5, 0.6) is 0 Å². The van der Waals surface area contributed by atoms with E-state index < -0.39 is 23.7 Å². The lowest BCUT2D eigenvalue weighted by molar-refractivity contribution is -0.163. The lowest BCUT2D eigenvalue weighted by atomic mass is 9.96. The van der Waals surface area contributed by atoms with Crippen molar-refractivity contribution in [1.82, 2.24) is 5.32 Å². The van der Waals surface area contributed by atoms with E-state index >= 15 is 0 Å². The second-order valence-corrected chi connectivity index (χ2v) is 4.65. The number of hydrogen-bond acceptors (Lipinski definition) is 3. The molecule has 0 aliphatic carbocycles. The average molecular weight is 203 g/mol. The van der Waals surface area contributed by atoms with Crippen molar-refractivity contribution >= 4 is 5.97 Å². The van der Waals surface area contributed by atoms with Crippen molar-refractivity contribution in [2.75, 3.05) is 13.1 Å². The van der Waals surface area contributed by atoms with Gasteiger partial charge in [-0.2, -0.15) is 0 Å². The number of nitrogens with one attached hydrogen (secondary N) is 1. The summed E-state index contributed by atoms with van der Waals surface area (Å²) >= 11 is 0. The first kappa shape index (κ1) is 11.4. The van der Waals surface area contributed by atoms with Crippen LogP contribution in [0.15, 0.2) is 0 Å². The largest absolute Gasteiger partial charge is 0.460 e. The van der Waals surface area contributed by atoms with Crippen LogP contribution in [0, 0.1) is 5.92 Å². The SMILES string of the molecule is CC(C)(C)OC(=O)C1CCNCC1F. The fraction of sp³-hybridized carbons (Fsp3) is 0.900. The van der Waals surface area contributed by atoms with Crippen molar-refractivity contribution in [3.63, 3.8) is 0 Å². The van der Waals surface area contributed by atoms with Crippen LogP contribution in [0.4, 0.5) is 4.39 Å². The van der Waals surface area contributed by atoms with Crippen LogP contribution >= 0.6 is 0 Å². The highest BCUT2D eigenvalue weighted by Gasteiger charge is 2.34. The van der Waals surface area contributed by atoms with Crippen LogP contribution in [-0.4, -0.2) is 30.8 Å². The van der Waals surface area contributed by atoms with E-state index in [-0.39, 0.29) is 6.54 Å². The molecule has 0 aromatic carbocycles. The molecule has 1 aliphatic heterocycles. The highest BCUT2D eigenvalue weighted by atomic mass is 19.1. The van der Waals surface area contributed by atoms with E-state index in [2.05, 4.69) is 5.32 Å². The fourth-order valence-electron chi connectivity index (χ4n) is 1.46. The third-order valence-corrected chi connectivity index (χ3v) is 2.12. The molecule has 0 aromatic rings. The third kappa shape index (κ3) is 3.25. The Morgan fingerprint density at radius 3 is 2.64 bits per heavy atom. The van der Waals surface area contributed by atoms with E-state index in [1.807, 2.05) is 0 Å². The van der Waals surface area contributed by atoms with E-state index in [0.717, 1.165) is 0 Å². The molecular formula is C10H18FNO2. The number of alkyl halides is 1. The monoisotopic (exact) mass is 203 g/mol. The molecule has 1 N–H and O–H groups in total. The number of esters is 1. The van der Waals surface area contributed by atoms with Gasteiger partial charge in [0.05, 0.1) is 5.92 Å². The van der Waals surface area contributed by atoms with E-state index in [9.17, 15) is 9.18 Å². The van der Waals surface area contributed by atoms with Gasteiger partial charge in [-0.05, 0) is 33.7 Å². The summed E-state index contributed by atoms with van der Waals surface area (Å²) in [5, 5.41) is 2.90. The molecular weight excluding hydrogens is 185 g/mol. The predicted octanol–water partition coefficient (Wildman–Crippen LogP) is 1.28. The van der Waals surface area contributed by atoms with Gasteiger partial charge in [0.15, 0.2) is 0 Å². The summed E-state index contributed by atoms with van der Waals surface area (Å²) in [5.41, 5.74) is -0.526. The lowest BCUT2D eigenvalue weighted by Gasteiger charge is -2.28. The number of carbonyl (C=O) groups excluding carboxylic acids is 1. The third-order valence-electron chi connectivity index (χ3n) is 2.12. The molecule has 1 aliphatic rings. The van der Waals surface area contributed by atoms with Crippen LogP contribution < -0.4 is 5.32 Å². The number of piperidine rings is 1. The molecule has 82 valence electrons. The number of ether oxygens (including phenoxy) is 1. The number of carbonyl (C=O) groups is 1. The Kier molecular flexibility index (Phi) is 3.48. The molecule has 1 saturated heterocycles. The van der Waals surface area contributed by atoms with Crippen LogP contribution in [0.2, 0.25) is 0 Å². The summed E-state index contributed by atoms with van der Waals surface area (Å²) in [6.07, 6.45) is -0.589. The van der Waals surface area contributed by atoms with Crippen LogP contribution in [-0.2, 0) is 9.53 Å². The molecule has 0 bridgehead atoms. The number of hydrogen-bond donors (Lipinski definition) is 1. The molecule has 4 heteroatoms. The molecule has 0 saturated carbocycles. The highest BCUT2D eigenvalue weighted by molar-refractivity contribution is 5.73. The molecule has 2 unspecified atom stereocenters. The molecule has 0 radical (unpaired) electrons. The first-order chi connectivity index (χ1) is 6.40. The average Bonchev–Trinajstić information content (AvgIpc) is 2.01. The fourth-order valence-corrected chi connectivity index (χ4v) is 1.46. The molecule has 1 heterocycles. The molecule has 3 nitrogen and oxygen atoms in total. The first-order valence-corrected chi connectivity index (χ1v) is 4.98. The minimum absolute atomic E-state index is 0.254. The van der Waals surface area contributed by atoms with Gasteiger partial charge in [0.2, 0.25) is 0 Å². The van der Waals surface area contributed by atoms with Gasteiger partial charge in [-0.25, -0.2) is 4.39 Å². The second-order valence-electron chi connectivity index (χ2n) is 4.65. The van der Waals surface area contributed by atoms with Crippen molar-refractivity contribution in [2.45, 2.75) is 39.0 Å². The summed E-state index contributed by atoms with van der Waals surface area (Å²) in [7, 11) is 0. The van der Waals surface area contributed by atoms with Gasteiger partial charge >= 0.3 is 5.97 Å². The van der Waals surface area contributed by atoms with Gasteiger partial charge in [-0.15, -0.1) is 0 Å². The smallest absolute Gasteiger partial charge is 0.312 e. The molecule has 0 spiro atoms. The van der Waals surface area contributed by atoms with Crippen molar-refractivity contribution in [2.24, 2.45) is 5.92 Å². The Balaban J connectivity index is 2.50. The van der Waals surface area contributed by atoms with E-state index in [0.29, 0.717) is 13.0 Å². The van der Waals surface area contributed by atoms with Gasteiger partial charge in [0.25, 0.3) is 0 Å².